The molecular weight excluding hydrogens is 200 g/mol. The van der Waals surface area contributed by atoms with Crippen LogP contribution in [0.4, 0.5) is 0 Å². The second-order valence-corrected chi connectivity index (χ2v) is 5.64. The van der Waals surface area contributed by atoms with Crippen molar-refractivity contribution >= 4 is 0 Å². The van der Waals surface area contributed by atoms with E-state index in [1.807, 2.05) is 13.8 Å². The van der Waals surface area contributed by atoms with Crippen molar-refractivity contribution in [1.29, 1.82) is 0 Å². The largest absolute Gasteiger partial charge is 0.390 e. The number of nitrogens with one attached hydrogen (secondary N) is 1. The standard InChI is InChI=1S/C13H28N2O/c1-4-15-9-5-12(6-10-15)11-14-8-7-13(2,3)16/h12,14,16H,4-11H2,1-3H3. The Morgan fingerprint density at radius 3 is 2.44 bits per heavy atom. The topological polar surface area (TPSA) is 35.5 Å². The molecule has 3 nitrogen and oxygen atoms in total. The van der Waals surface area contributed by atoms with Gasteiger partial charge in [0.15, 0.2) is 0 Å². The summed E-state index contributed by atoms with van der Waals surface area (Å²) in [6.07, 6.45) is 3.48. The van der Waals surface area contributed by atoms with E-state index in [4.69, 9.17) is 0 Å². The van der Waals surface area contributed by atoms with Crippen LogP contribution in [0, 0.1) is 5.92 Å². The van der Waals surface area contributed by atoms with Gasteiger partial charge in [-0.25, -0.2) is 0 Å². The maximum atomic E-state index is 9.57. The van der Waals surface area contributed by atoms with E-state index in [1.54, 1.807) is 0 Å². The number of nitrogens with zero attached hydrogens (tertiary/aromatic N) is 1. The van der Waals surface area contributed by atoms with Crippen molar-refractivity contribution in [3.63, 3.8) is 0 Å². The quantitative estimate of drug-likeness (QED) is 0.676. The molecule has 0 amide bonds. The highest BCUT2D eigenvalue weighted by atomic mass is 16.3. The lowest BCUT2D eigenvalue weighted by atomic mass is 9.96. The van der Waals surface area contributed by atoms with Crippen LogP contribution in [0.5, 0.6) is 0 Å². The molecule has 0 spiro atoms. The Balaban J connectivity index is 2.02. The lowest BCUT2D eigenvalue weighted by Gasteiger charge is -2.31. The van der Waals surface area contributed by atoms with E-state index in [9.17, 15) is 5.11 Å². The molecule has 1 aliphatic rings. The summed E-state index contributed by atoms with van der Waals surface area (Å²) in [5.74, 6) is 0.838. The Bertz CT molecular complexity index is 181. The van der Waals surface area contributed by atoms with Crippen LogP contribution >= 0.6 is 0 Å². The SMILES string of the molecule is CCN1CCC(CNCCC(C)(C)O)CC1. The first-order valence-corrected chi connectivity index (χ1v) is 6.66. The van der Waals surface area contributed by atoms with Gasteiger partial charge in [-0.05, 0) is 71.8 Å². The summed E-state index contributed by atoms with van der Waals surface area (Å²) in [7, 11) is 0. The predicted octanol–water partition coefficient (Wildman–Crippen LogP) is 1.47. The van der Waals surface area contributed by atoms with Crippen LogP contribution in [0.15, 0.2) is 0 Å². The van der Waals surface area contributed by atoms with Gasteiger partial charge < -0.3 is 15.3 Å². The van der Waals surface area contributed by atoms with Crippen molar-refractivity contribution in [2.75, 3.05) is 32.7 Å². The number of hydrogen-bond acceptors (Lipinski definition) is 3. The van der Waals surface area contributed by atoms with Gasteiger partial charge in [-0.15, -0.1) is 0 Å². The minimum atomic E-state index is -0.529. The van der Waals surface area contributed by atoms with Crippen LogP contribution in [0.25, 0.3) is 0 Å². The summed E-state index contributed by atoms with van der Waals surface area (Å²) < 4.78 is 0. The van der Waals surface area contributed by atoms with Gasteiger partial charge >= 0.3 is 0 Å². The number of rotatable bonds is 6. The zero-order chi connectivity index (χ0) is 12.0. The van der Waals surface area contributed by atoms with Crippen molar-refractivity contribution in [2.45, 2.75) is 45.6 Å². The minimum absolute atomic E-state index is 0.529. The second-order valence-electron chi connectivity index (χ2n) is 5.64. The van der Waals surface area contributed by atoms with Crippen molar-refractivity contribution in [1.82, 2.24) is 10.2 Å². The van der Waals surface area contributed by atoms with Crippen LogP contribution in [0.1, 0.15) is 40.0 Å². The average Bonchev–Trinajstić information content (AvgIpc) is 2.24. The number of likely N-dealkylation sites (tertiary alicyclic amines) is 1. The second kappa shape index (κ2) is 6.58. The summed E-state index contributed by atoms with van der Waals surface area (Å²) in [6.45, 7) is 11.7. The Labute approximate surface area is 100 Å². The van der Waals surface area contributed by atoms with Gasteiger partial charge in [-0.3, -0.25) is 0 Å². The van der Waals surface area contributed by atoms with Crippen LogP contribution in [-0.4, -0.2) is 48.3 Å². The molecule has 1 saturated heterocycles. The maximum absolute atomic E-state index is 9.57. The van der Waals surface area contributed by atoms with Crippen LogP contribution < -0.4 is 5.32 Å². The third kappa shape index (κ3) is 5.83. The first-order valence-electron chi connectivity index (χ1n) is 6.66. The van der Waals surface area contributed by atoms with E-state index in [0.717, 1.165) is 25.4 Å². The molecule has 0 bridgehead atoms. The van der Waals surface area contributed by atoms with Gasteiger partial charge in [0.2, 0.25) is 0 Å². The minimum Gasteiger partial charge on any atom is -0.390 e. The lowest BCUT2D eigenvalue weighted by Crippen LogP contribution is -2.38. The molecule has 3 heteroatoms. The monoisotopic (exact) mass is 228 g/mol. The van der Waals surface area contributed by atoms with Crippen LogP contribution in [0.3, 0.4) is 0 Å². The molecule has 0 saturated carbocycles. The van der Waals surface area contributed by atoms with E-state index in [-0.39, 0.29) is 0 Å². The molecule has 0 unspecified atom stereocenters. The zero-order valence-corrected chi connectivity index (χ0v) is 11.1. The van der Waals surface area contributed by atoms with E-state index >= 15 is 0 Å². The van der Waals surface area contributed by atoms with Crippen molar-refractivity contribution in [3.8, 4) is 0 Å². The lowest BCUT2D eigenvalue weighted by molar-refractivity contribution is 0.0705. The summed E-state index contributed by atoms with van der Waals surface area (Å²) in [4.78, 5) is 2.52. The molecule has 1 rings (SSSR count). The highest BCUT2D eigenvalue weighted by Gasteiger charge is 2.18. The molecular formula is C13H28N2O. The molecule has 2 N–H and O–H groups in total. The smallest absolute Gasteiger partial charge is 0.0603 e. The zero-order valence-electron chi connectivity index (χ0n) is 11.1. The number of piperidine rings is 1. The fourth-order valence-corrected chi connectivity index (χ4v) is 2.21. The summed E-state index contributed by atoms with van der Waals surface area (Å²) in [5, 5.41) is 13.0. The number of aliphatic hydroxyl groups is 1. The van der Waals surface area contributed by atoms with Gasteiger partial charge in [0.1, 0.15) is 0 Å². The Morgan fingerprint density at radius 1 is 1.31 bits per heavy atom. The fraction of sp³-hybridized carbons (Fsp3) is 1.00. The third-order valence-corrected chi connectivity index (χ3v) is 3.50. The van der Waals surface area contributed by atoms with Crippen molar-refractivity contribution in [3.05, 3.63) is 0 Å². The van der Waals surface area contributed by atoms with Gasteiger partial charge in [-0.1, -0.05) is 6.92 Å². The summed E-state index contributed by atoms with van der Waals surface area (Å²) in [6, 6.07) is 0. The van der Waals surface area contributed by atoms with Crippen molar-refractivity contribution in [2.24, 2.45) is 5.92 Å². The van der Waals surface area contributed by atoms with E-state index in [1.165, 1.54) is 32.5 Å². The van der Waals surface area contributed by atoms with Gasteiger partial charge in [0, 0.05) is 0 Å². The molecule has 1 aliphatic heterocycles. The molecule has 0 atom stereocenters. The molecule has 96 valence electrons. The molecule has 0 aromatic rings. The third-order valence-electron chi connectivity index (χ3n) is 3.50. The Morgan fingerprint density at radius 2 is 1.94 bits per heavy atom. The van der Waals surface area contributed by atoms with E-state index in [2.05, 4.69) is 17.1 Å². The predicted molar refractivity (Wildman–Crippen MR) is 68.6 cm³/mol. The number of hydrogen-bond donors (Lipinski definition) is 2. The molecule has 0 aromatic carbocycles. The average molecular weight is 228 g/mol. The highest BCUT2D eigenvalue weighted by molar-refractivity contribution is 4.74. The highest BCUT2D eigenvalue weighted by Crippen LogP contribution is 2.16. The first kappa shape index (κ1) is 13.9. The van der Waals surface area contributed by atoms with Gasteiger partial charge in [0.25, 0.3) is 0 Å². The Hall–Kier alpha value is -0.120. The Kier molecular flexibility index (Phi) is 5.73. The normalized spacial score (nSPS) is 20.2. The van der Waals surface area contributed by atoms with Crippen LogP contribution in [-0.2, 0) is 0 Å². The molecule has 0 radical (unpaired) electrons. The van der Waals surface area contributed by atoms with Gasteiger partial charge in [0.05, 0.1) is 5.60 Å². The van der Waals surface area contributed by atoms with Crippen LogP contribution in [0.2, 0.25) is 0 Å². The molecule has 0 aliphatic carbocycles. The maximum Gasteiger partial charge on any atom is 0.0603 e. The summed E-state index contributed by atoms with van der Waals surface area (Å²) >= 11 is 0. The molecule has 0 aromatic heterocycles. The molecule has 1 heterocycles. The van der Waals surface area contributed by atoms with Gasteiger partial charge in [-0.2, -0.15) is 0 Å². The van der Waals surface area contributed by atoms with E-state index in [0.29, 0.717) is 0 Å². The summed E-state index contributed by atoms with van der Waals surface area (Å²) in [5.41, 5.74) is -0.529. The van der Waals surface area contributed by atoms with E-state index < -0.39 is 5.60 Å². The first-order chi connectivity index (χ1) is 7.51. The molecule has 16 heavy (non-hydrogen) atoms. The van der Waals surface area contributed by atoms with Crippen molar-refractivity contribution < 1.29 is 5.11 Å². The fourth-order valence-electron chi connectivity index (χ4n) is 2.21. The molecule has 1 fully saturated rings.